The number of nitrogens with one attached hydrogen (secondary N) is 1. The number of carbonyl (C=O) groups is 1. The number of primary amides is 1. The normalized spacial score (nSPS) is 11.2. The van der Waals surface area contributed by atoms with Crippen molar-refractivity contribution in [2.75, 3.05) is 0 Å². The number of amides is 1. The summed E-state index contributed by atoms with van der Waals surface area (Å²) < 4.78 is 0. The molecule has 0 fully saturated rings. The zero-order chi connectivity index (χ0) is 13.7. The fourth-order valence-corrected chi connectivity index (χ4v) is 1.93. The van der Waals surface area contributed by atoms with Crippen LogP contribution in [0.4, 0.5) is 0 Å². The third-order valence-electron chi connectivity index (χ3n) is 2.71. The molecule has 0 bridgehead atoms. The van der Waals surface area contributed by atoms with Gasteiger partial charge in [0.25, 0.3) is 0 Å². The van der Waals surface area contributed by atoms with Crippen molar-refractivity contribution in [1.82, 2.24) is 5.32 Å². The summed E-state index contributed by atoms with van der Waals surface area (Å²) in [6, 6.07) is 5.71. The van der Waals surface area contributed by atoms with E-state index in [4.69, 9.17) is 17.3 Å². The molecule has 0 aliphatic rings. The van der Waals surface area contributed by atoms with Crippen LogP contribution in [-0.4, -0.2) is 5.91 Å². The number of hydrogen-bond donors (Lipinski definition) is 2. The highest BCUT2D eigenvalue weighted by molar-refractivity contribution is 6.31. The summed E-state index contributed by atoms with van der Waals surface area (Å²) in [4.78, 5) is 11.1. The zero-order valence-corrected chi connectivity index (χ0v) is 11.3. The lowest BCUT2D eigenvalue weighted by Crippen LogP contribution is -2.22. The topological polar surface area (TPSA) is 55.1 Å². The average Bonchev–Trinajstić information content (AvgIpc) is 2.28. The molecule has 0 radical (unpaired) electrons. The number of nitrogens with two attached hydrogens (primary N) is 1. The first-order chi connectivity index (χ1) is 8.47. The zero-order valence-electron chi connectivity index (χ0n) is 10.6. The van der Waals surface area contributed by atoms with E-state index in [1.165, 1.54) is 0 Å². The fourth-order valence-electron chi connectivity index (χ4n) is 1.65. The third kappa shape index (κ3) is 3.37. The average molecular weight is 265 g/mol. The van der Waals surface area contributed by atoms with Crippen LogP contribution in [0.3, 0.4) is 0 Å². The van der Waals surface area contributed by atoms with Gasteiger partial charge in [-0.05, 0) is 31.0 Å². The highest BCUT2D eigenvalue weighted by Crippen LogP contribution is 2.19. The molecular weight excluding hydrogens is 248 g/mol. The number of aryl methyl sites for hydroxylation is 1. The van der Waals surface area contributed by atoms with Gasteiger partial charge in [-0.1, -0.05) is 36.4 Å². The molecule has 96 valence electrons. The van der Waals surface area contributed by atoms with Gasteiger partial charge in [-0.3, -0.25) is 4.79 Å². The lowest BCUT2D eigenvalue weighted by molar-refractivity contribution is -0.114. The highest BCUT2D eigenvalue weighted by atomic mass is 35.5. The SMILES string of the molecule is C=C(NCc1c(C)cccc1Cl)/C(=C\C)C(N)=O. The van der Waals surface area contributed by atoms with Crippen LogP contribution in [0.5, 0.6) is 0 Å². The molecule has 0 aliphatic heterocycles. The fraction of sp³-hybridized carbons (Fsp3) is 0.214. The highest BCUT2D eigenvalue weighted by Gasteiger charge is 2.09. The number of allylic oxidation sites excluding steroid dienone is 1. The van der Waals surface area contributed by atoms with Crippen molar-refractivity contribution < 1.29 is 4.79 Å². The van der Waals surface area contributed by atoms with Crippen LogP contribution in [0.1, 0.15) is 18.1 Å². The minimum atomic E-state index is -0.495. The quantitative estimate of drug-likeness (QED) is 0.635. The third-order valence-corrected chi connectivity index (χ3v) is 3.06. The van der Waals surface area contributed by atoms with E-state index in [1.807, 2.05) is 25.1 Å². The molecule has 0 heterocycles. The van der Waals surface area contributed by atoms with Gasteiger partial charge >= 0.3 is 0 Å². The second kappa shape index (κ2) is 6.26. The van der Waals surface area contributed by atoms with E-state index >= 15 is 0 Å². The van der Waals surface area contributed by atoms with Gasteiger partial charge in [-0.25, -0.2) is 0 Å². The summed E-state index contributed by atoms with van der Waals surface area (Å²) in [6.45, 7) is 8.03. The van der Waals surface area contributed by atoms with E-state index in [9.17, 15) is 4.79 Å². The van der Waals surface area contributed by atoms with Crippen molar-refractivity contribution in [1.29, 1.82) is 0 Å². The van der Waals surface area contributed by atoms with Crippen LogP contribution < -0.4 is 11.1 Å². The molecule has 0 atom stereocenters. The Kier molecular flexibility index (Phi) is 4.98. The van der Waals surface area contributed by atoms with Crippen molar-refractivity contribution in [2.45, 2.75) is 20.4 Å². The molecular formula is C14H17ClN2O. The second-order valence-corrected chi connectivity index (χ2v) is 4.34. The smallest absolute Gasteiger partial charge is 0.250 e. The van der Waals surface area contributed by atoms with Crippen molar-refractivity contribution in [2.24, 2.45) is 5.73 Å². The minimum Gasteiger partial charge on any atom is -0.381 e. The van der Waals surface area contributed by atoms with Gasteiger partial charge in [-0.15, -0.1) is 0 Å². The Hall–Kier alpha value is -1.74. The van der Waals surface area contributed by atoms with Crippen LogP contribution >= 0.6 is 11.6 Å². The maximum Gasteiger partial charge on any atom is 0.250 e. The molecule has 3 N–H and O–H groups in total. The van der Waals surface area contributed by atoms with Crippen LogP contribution in [0.2, 0.25) is 5.02 Å². The lowest BCUT2D eigenvalue weighted by Gasteiger charge is -2.13. The summed E-state index contributed by atoms with van der Waals surface area (Å²) in [6.07, 6.45) is 1.64. The van der Waals surface area contributed by atoms with E-state index in [0.29, 0.717) is 22.8 Å². The number of carbonyl (C=O) groups excluding carboxylic acids is 1. The van der Waals surface area contributed by atoms with E-state index in [1.54, 1.807) is 13.0 Å². The summed E-state index contributed by atoms with van der Waals surface area (Å²) in [5.74, 6) is -0.495. The van der Waals surface area contributed by atoms with Crippen LogP contribution in [0.15, 0.2) is 42.1 Å². The van der Waals surface area contributed by atoms with Crippen molar-refractivity contribution in [3.8, 4) is 0 Å². The maximum absolute atomic E-state index is 11.1. The molecule has 0 spiro atoms. The molecule has 18 heavy (non-hydrogen) atoms. The summed E-state index contributed by atoms with van der Waals surface area (Å²) in [7, 11) is 0. The molecule has 1 rings (SSSR count). The predicted octanol–water partition coefficient (Wildman–Crippen LogP) is 2.68. The van der Waals surface area contributed by atoms with E-state index in [-0.39, 0.29) is 0 Å². The van der Waals surface area contributed by atoms with Gasteiger partial charge in [-0.2, -0.15) is 0 Å². The second-order valence-electron chi connectivity index (χ2n) is 3.93. The first kappa shape index (κ1) is 14.3. The summed E-state index contributed by atoms with van der Waals surface area (Å²) >= 11 is 6.11. The molecule has 1 amide bonds. The Morgan fingerprint density at radius 3 is 2.72 bits per heavy atom. The molecule has 0 aromatic heterocycles. The van der Waals surface area contributed by atoms with Gasteiger partial charge in [0.2, 0.25) is 5.91 Å². The summed E-state index contributed by atoms with van der Waals surface area (Å²) in [5.41, 5.74) is 8.21. The Morgan fingerprint density at radius 1 is 1.56 bits per heavy atom. The van der Waals surface area contributed by atoms with E-state index in [0.717, 1.165) is 11.1 Å². The Labute approximate surface area is 112 Å². The standard InChI is InChI=1S/C14H17ClN2O/c1-4-11(14(16)18)10(3)17-8-12-9(2)6-5-7-13(12)15/h4-7,17H,3,8H2,1-2H3,(H2,16,18)/b11-4+. The molecule has 3 nitrogen and oxygen atoms in total. The summed E-state index contributed by atoms with van der Waals surface area (Å²) in [5, 5.41) is 3.76. The molecule has 0 aliphatic carbocycles. The van der Waals surface area contributed by atoms with Crippen LogP contribution in [-0.2, 0) is 11.3 Å². The largest absolute Gasteiger partial charge is 0.381 e. The Balaban J connectivity index is 2.77. The van der Waals surface area contributed by atoms with Crippen LogP contribution in [0.25, 0.3) is 0 Å². The molecule has 0 unspecified atom stereocenters. The molecule has 1 aromatic carbocycles. The Morgan fingerprint density at radius 2 is 2.22 bits per heavy atom. The van der Waals surface area contributed by atoms with Gasteiger partial charge in [0.15, 0.2) is 0 Å². The first-order valence-electron chi connectivity index (χ1n) is 5.60. The number of rotatable bonds is 5. The van der Waals surface area contributed by atoms with Gasteiger partial charge in [0.05, 0.1) is 5.57 Å². The molecule has 0 saturated carbocycles. The predicted molar refractivity (Wildman–Crippen MR) is 75.1 cm³/mol. The number of halogens is 1. The maximum atomic E-state index is 11.1. The van der Waals surface area contributed by atoms with Crippen LogP contribution in [0, 0.1) is 6.92 Å². The monoisotopic (exact) mass is 264 g/mol. The van der Waals surface area contributed by atoms with Crippen molar-refractivity contribution in [3.63, 3.8) is 0 Å². The van der Waals surface area contributed by atoms with Gasteiger partial charge in [0, 0.05) is 17.3 Å². The van der Waals surface area contributed by atoms with Crippen molar-refractivity contribution in [3.05, 3.63) is 58.3 Å². The van der Waals surface area contributed by atoms with Gasteiger partial charge < -0.3 is 11.1 Å². The molecule has 0 saturated heterocycles. The molecule has 4 heteroatoms. The van der Waals surface area contributed by atoms with Gasteiger partial charge in [0.1, 0.15) is 0 Å². The first-order valence-corrected chi connectivity index (χ1v) is 5.98. The van der Waals surface area contributed by atoms with E-state index < -0.39 is 5.91 Å². The number of hydrogen-bond acceptors (Lipinski definition) is 2. The minimum absolute atomic E-state index is 0.389. The Bertz CT molecular complexity index is 486. The van der Waals surface area contributed by atoms with Crippen molar-refractivity contribution >= 4 is 17.5 Å². The number of benzene rings is 1. The lowest BCUT2D eigenvalue weighted by atomic mass is 10.1. The van der Waals surface area contributed by atoms with E-state index in [2.05, 4.69) is 11.9 Å². The molecule has 1 aromatic rings.